The maximum atomic E-state index is 13.6. The van der Waals surface area contributed by atoms with Gasteiger partial charge in [-0.3, -0.25) is 19.1 Å². The SMILES string of the molecule is CCN1CCN(c2cccc(CN3C(=O)C(CC(C)C)n4c3nc3ccccc3c4=O)c2)CC1. The summed E-state index contributed by atoms with van der Waals surface area (Å²) in [7, 11) is 0. The number of aromatic nitrogens is 2. The number of para-hydroxylation sites is 1. The van der Waals surface area contributed by atoms with E-state index >= 15 is 0 Å². The second kappa shape index (κ2) is 9.22. The van der Waals surface area contributed by atoms with Crippen LogP contribution in [0, 0.1) is 5.92 Å². The molecule has 3 aromatic rings. The molecule has 3 heterocycles. The summed E-state index contributed by atoms with van der Waals surface area (Å²) in [4.78, 5) is 38.4. The number of nitrogens with zero attached hydrogens (tertiary/aromatic N) is 5. The molecule has 0 aliphatic carbocycles. The van der Waals surface area contributed by atoms with Crippen molar-refractivity contribution in [1.82, 2.24) is 14.5 Å². The second-order valence-corrected chi connectivity index (χ2v) is 9.77. The summed E-state index contributed by atoms with van der Waals surface area (Å²) < 4.78 is 1.62. The minimum absolute atomic E-state index is 0.0458. The molecule has 7 nitrogen and oxygen atoms in total. The van der Waals surface area contributed by atoms with Gasteiger partial charge in [0, 0.05) is 31.9 Å². The number of likely N-dealkylation sites (N-methyl/N-ethyl adjacent to an activating group) is 1. The molecule has 0 saturated carbocycles. The van der Waals surface area contributed by atoms with Gasteiger partial charge in [-0.1, -0.05) is 45.0 Å². The average molecular weight is 460 g/mol. The molecule has 0 N–H and O–H groups in total. The molecule has 1 saturated heterocycles. The van der Waals surface area contributed by atoms with E-state index in [0.29, 0.717) is 29.8 Å². The van der Waals surface area contributed by atoms with E-state index in [0.717, 1.165) is 38.3 Å². The minimum atomic E-state index is -0.509. The molecule has 2 aliphatic rings. The summed E-state index contributed by atoms with van der Waals surface area (Å²) in [6, 6.07) is 15.3. The van der Waals surface area contributed by atoms with Crippen LogP contribution in [0.5, 0.6) is 0 Å². The first-order chi connectivity index (χ1) is 16.5. The summed E-state index contributed by atoms with van der Waals surface area (Å²) in [5.74, 6) is 0.696. The van der Waals surface area contributed by atoms with Crippen LogP contribution in [-0.2, 0) is 11.3 Å². The van der Waals surface area contributed by atoms with Crippen LogP contribution in [0.1, 0.15) is 38.8 Å². The summed E-state index contributed by atoms with van der Waals surface area (Å²) in [5, 5.41) is 0.558. The molecule has 7 heteroatoms. The summed E-state index contributed by atoms with van der Waals surface area (Å²) in [5.41, 5.74) is 2.72. The Morgan fingerprint density at radius 1 is 1.00 bits per heavy atom. The molecule has 1 atom stereocenters. The molecule has 0 bridgehead atoms. The summed E-state index contributed by atoms with van der Waals surface area (Å²) in [6.07, 6.45) is 0.615. The first-order valence-electron chi connectivity index (χ1n) is 12.3. The fourth-order valence-corrected chi connectivity index (χ4v) is 5.15. The molecule has 0 radical (unpaired) electrons. The molecular weight excluding hydrogens is 426 g/mol. The van der Waals surface area contributed by atoms with Gasteiger partial charge in [0.15, 0.2) is 0 Å². The number of fused-ring (bicyclic) bond motifs is 2. The summed E-state index contributed by atoms with van der Waals surface area (Å²) >= 11 is 0. The van der Waals surface area contributed by atoms with E-state index in [2.05, 4.69) is 54.8 Å². The van der Waals surface area contributed by atoms with Gasteiger partial charge < -0.3 is 9.80 Å². The molecule has 34 heavy (non-hydrogen) atoms. The number of rotatable bonds is 6. The maximum absolute atomic E-state index is 13.6. The van der Waals surface area contributed by atoms with Crippen LogP contribution >= 0.6 is 0 Å². The van der Waals surface area contributed by atoms with Crippen LogP contribution in [0.2, 0.25) is 0 Å². The van der Waals surface area contributed by atoms with E-state index in [1.54, 1.807) is 15.5 Å². The van der Waals surface area contributed by atoms with Crippen molar-refractivity contribution >= 4 is 28.4 Å². The Morgan fingerprint density at radius 2 is 1.76 bits per heavy atom. The Kier molecular flexibility index (Phi) is 6.13. The largest absolute Gasteiger partial charge is 0.369 e. The van der Waals surface area contributed by atoms with Gasteiger partial charge in [-0.2, -0.15) is 0 Å². The number of benzene rings is 2. The number of hydrogen-bond donors (Lipinski definition) is 0. The second-order valence-electron chi connectivity index (χ2n) is 9.77. The van der Waals surface area contributed by atoms with Crippen molar-refractivity contribution in [2.45, 2.75) is 39.8 Å². The van der Waals surface area contributed by atoms with Crippen molar-refractivity contribution in [1.29, 1.82) is 0 Å². The molecule has 2 aromatic carbocycles. The topological polar surface area (TPSA) is 61.7 Å². The van der Waals surface area contributed by atoms with E-state index in [9.17, 15) is 9.59 Å². The normalized spacial score (nSPS) is 18.8. The first-order valence-corrected chi connectivity index (χ1v) is 12.3. The number of carbonyl (C=O) groups is 1. The lowest BCUT2D eigenvalue weighted by molar-refractivity contribution is -0.120. The van der Waals surface area contributed by atoms with Gasteiger partial charge in [0.2, 0.25) is 5.95 Å². The van der Waals surface area contributed by atoms with Gasteiger partial charge in [-0.05, 0) is 48.7 Å². The van der Waals surface area contributed by atoms with E-state index < -0.39 is 6.04 Å². The molecule has 0 spiro atoms. The Hall–Kier alpha value is -3.19. The third-order valence-electron chi connectivity index (χ3n) is 7.02. The van der Waals surface area contributed by atoms with Crippen molar-refractivity contribution in [3.05, 3.63) is 64.4 Å². The lowest BCUT2D eigenvalue weighted by atomic mass is 10.0. The predicted molar refractivity (Wildman–Crippen MR) is 136 cm³/mol. The van der Waals surface area contributed by atoms with Crippen molar-refractivity contribution < 1.29 is 4.79 Å². The highest BCUT2D eigenvalue weighted by atomic mass is 16.2. The number of hydrogen-bond acceptors (Lipinski definition) is 5. The Balaban J connectivity index is 1.48. The zero-order valence-electron chi connectivity index (χ0n) is 20.3. The third-order valence-corrected chi connectivity index (χ3v) is 7.02. The zero-order chi connectivity index (χ0) is 23.8. The number of amides is 1. The highest BCUT2D eigenvalue weighted by molar-refractivity contribution is 5.99. The van der Waals surface area contributed by atoms with Gasteiger partial charge in [-0.25, -0.2) is 4.98 Å². The van der Waals surface area contributed by atoms with Crippen molar-refractivity contribution in [2.24, 2.45) is 5.92 Å². The molecular formula is C27H33N5O2. The predicted octanol–water partition coefficient (Wildman–Crippen LogP) is 3.67. The monoisotopic (exact) mass is 459 g/mol. The van der Waals surface area contributed by atoms with Gasteiger partial charge in [0.1, 0.15) is 6.04 Å². The van der Waals surface area contributed by atoms with Gasteiger partial charge in [0.25, 0.3) is 11.5 Å². The number of anilines is 2. The quantitative estimate of drug-likeness (QED) is 0.563. The minimum Gasteiger partial charge on any atom is -0.369 e. The van der Waals surface area contributed by atoms with Crippen LogP contribution in [-0.4, -0.2) is 53.1 Å². The lowest BCUT2D eigenvalue weighted by Crippen LogP contribution is -2.46. The summed E-state index contributed by atoms with van der Waals surface area (Å²) in [6.45, 7) is 12.0. The van der Waals surface area contributed by atoms with Crippen LogP contribution in [0.15, 0.2) is 53.3 Å². The first kappa shape index (κ1) is 22.6. The van der Waals surface area contributed by atoms with E-state index in [1.165, 1.54) is 5.69 Å². The Labute approximate surface area is 200 Å². The molecule has 1 unspecified atom stereocenters. The average Bonchev–Trinajstić information content (AvgIpc) is 3.10. The van der Waals surface area contributed by atoms with Gasteiger partial charge in [0.05, 0.1) is 17.4 Å². The standard InChI is InChI=1S/C27H33N5O2/c1-4-29-12-14-30(15-13-29)21-9-7-8-20(17-21)18-31-26(34)24(16-19(2)3)32-25(33)22-10-5-6-11-23(22)28-27(31)32/h5-11,17,19,24H,4,12-16,18H2,1-3H3. The molecule has 2 aliphatic heterocycles. The van der Waals surface area contributed by atoms with Gasteiger partial charge >= 0.3 is 0 Å². The zero-order valence-corrected chi connectivity index (χ0v) is 20.3. The molecule has 1 aromatic heterocycles. The van der Waals surface area contributed by atoms with Crippen molar-refractivity contribution in [3.63, 3.8) is 0 Å². The lowest BCUT2D eigenvalue weighted by Gasteiger charge is -2.35. The third kappa shape index (κ3) is 4.09. The Bertz CT molecular complexity index is 1260. The number of carbonyl (C=O) groups excluding carboxylic acids is 1. The van der Waals surface area contributed by atoms with Crippen molar-refractivity contribution in [3.8, 4) is 0 Å². The molecule has 1 amide bonds. The molecule has 5 rings (SSSR count). The fraction of sp³-hybridized carbons (Fsp3) is 0.444. The van der Waals surface area contributed by atoms with E-state index in [4.69, 9.17) is 4.98 Å². The fourth-order valence-electron chi connectivity index (χ4n) is 5.15. The highest BCUT2D eigenvalue weighted by Gasteiger charge is 2.40. The maximum Gasteiger partial charge on any atom is 0.263 e. The van der Waals surface area contributed by atoms with Crippen LogP contribution in [0.4, 0.5) is 11.6 Å². The van der Waals surface area contributed by atoms with Gasteiger partial charge in [-0.15, -0.1) is 0 Å². The molecule has 1 fully saturated rings. The van der Waals surface area contributed by atoms with Crippen molar-refractivity contribution in [2.75, 3.05) is 42.5 Å². The number of piperazine rings is 1. The Morgan fingerprint density at radius 3 is 2.50 bits per heavy atom. The van der Waals surface area contributed by atoms with E-state index in [1.807, 2.05) is 18.2 Å². The van der Waals surface area contributed by atoms with Crippen LogP contribution < -0.4 is 15.4 Å². The van der Waals surface area contributed by atoms with E-state index in [-0.39, 0.29) is 17.4 Å². The molecule has 178 valence electrons. The van der Waals surface area contributed by atoms with Crippen LogP contribution in [0.25, 0.3) is 10.9 Å². The highest BCUT2D eigenvalue weighted by Crippen LogP contribution is 2.34. The smallest absolute Gasteiger partial charge is 0.263 e. The van der Waals surface area contributed by atoms with Crippen LogP contribution in [0.3, 0.4) is 0 Å².